The summed E-state index contributed by atoms with van der Waals surface area (Å²) in [6.07, 6.45) is 5.42. The SMILES string of the molecule is CC1(NS(=O)(=O)c2cccc(CNC3CC3)c2)CCC1. The van der Waals surface area contributed by atoms with Crippen LogP contribution >= 0.6 is 0 Å². The molecule has 0 saturated heterocycles. The van der Waals surface area contributed by atoms with Crippen LogP contribution in [0.2, 0.25) is 0 Å². The molecular weight excluding hydrogens is 272 g/mol. The van der Waals surface area contributed by atoms with Gasteiger partial charge in [0.15, 0.2) is 0 Å². The van der Waals surface area contributed by atoms with E-state index in [-0.39, 0.29) is 5.54 Å². The van der Waals surface area contributed by atoms with Crippen molar-refractivity contribution in [2.24, 2.45) is 0 Å². The first kappa shape index (κ1) is 14.0. The lowest BCUT2D eigenvalue weighted by Gasteiger charge is -2.38. The molecule has 0 amide bonds. The Kier molecular flexibility index (Phi) is 3.60. The van der Waals surface area contributed by atoms with Gasteiger partial charge in [-0.2, -0.15) is 0 Å². The van der Waals surface area contributed by atoms with Crippen LogP contribution in [0.5, 0.6) is 0 Å². The van der Waals surface area contributed by atoms with Crippen molar-refractivity contribution in [2.75, 3.05) is 0 Å². The maximum absolute atomic E-state index is 12.4. The molecule has 2 fully saturated rings. The molecule has 4 nitrogen and oxygen atoms in total. The molecule has 1 aromatic rings. The van der Waals surface area contributed by atoms with Crippen molar-refractivity contribution in [3.8, 4) is 0 Å². The molecule has 2 saturated carbocycles. The summed E-state index contributed by atoms with van der Waals surface area (Å²) in [6.45, 7) is 2.72. The van der Waals surface area contributed by atoms with Gasteiger partial charge in [-0.25, -0.2) is 13.1 Å². The number of rotatable bonds is 6. The van der Waals surface area contributed by atoms with Crippen LogP contribution in [0.1, 0.15) is 44.6 Å². The lowest BCUT2D eigenvalue weighted by Crippen LogP contribution is -2.50. The Balaban J connectivity index is 1.72. The minimum absolute atomic E-state index is 0.249. The van der Waals surface area contributed by atoms with Crippen molar-refractivity contribution in [1.29, 1.82) is 0 Å². The third-order valence-electron chi connectivity index (χ3n) is 4.22. The number of hydrogen-bond donors (Lipinski definition) is 2. The first-order valence-corrected chi connectivity index (χ1v) is 8.82. The molecule has 0 bridgehead atoms. The van der Waals surface area contributed by atoms with Crippen molar-refractivity contribution in [2.45, 2.75) is 62.0 Å². The van der Waals surface area contributed by atoms with Crippen LogP contribution in [0.4, 0.5) is 0 Å². The van der Waals surface area contributed by atoms with Gasteiger partial charge in [-0.15, -0.1) is 0 Å². The highest BCUT2D eigenvalue weighted by Crippen LogP contribution is 2.32. The van der Waals surface area contributed by atoms with Gasteiger partial charge in [0, 0.05) is 18.1 Å². The molecule has 0 spiro atoms. The second-order valence-electron chi connectivity index (χ2n) is 6.32. The van der Waals surface area contributed by atoms with Gasteiger partial charge < -0.3 is 5.32 Å². The van der Waals surface area contributed by atoms with Crippen LogP contribution in [-0.2, 0) is 16.6 Å². The number of nitrogens with one attached hydrogen (secondary N) is 2. The fourth-order valence-electron chi connectivity index (χ4n) is 2.56. The van der Waals surface area contributed by atoms with Crippen molar-refractivity contribution >= 4 is 10.0 Å². The molecule has 5 heteroatoms. The second kappa shape index (κ2) is 5.13. The molecule has 20 heavy (non-hydrogen) atoms. The Hall–Kier alpha value is -0.910. The summed E-state index contributed by atoms with van der Waals surface area (Å²) < 4.78 is 27.7. The van der Waals surface area contributed by atoms with E-state index < -0.39 is 10.0 Å². The minimum Gasteiger partial charge on any atom is -0.310 e. The van der Waals surface area contributed by atoms with Gasteiger partial charge in [-0.1, -0.05) is 12.1 Å². The maximum Gasteiger partial charge on any atom is 0.241 e. The Morgan fingerprint density at radius 1 is 1.30 bits per heavy atom. The summed E-state index contributed by atoms with van der Waals surface area (Å²) in [6, 6.07) is 7.87. The predicted octanol–water partition coefficient (Wildman–Crippen LogP) is 2.16. The van der Waals surface area contributed by atoms with Crippen LogP contribution < -0.4 is 10.0 Å². The van der Waals surface area contributed by atoms with Gasteiger partial charge in [-0.3, -0.25) is 0 Å². The van der Waals surface area contributed by atoms with Crippen LogP contribution in [0.25, 0.3) is 0 Å². The van der Waals surface area contributed by atoms with E-state index in [0.717, 1.165) is 31.4 Å². The molecular formula is C15H22N2O2S. The second-order valence-corrected chi connectivity index (χ2v) is 8.00. The summed E-state index contributed by atoms with van der Waals surface area (Å²) >= 11 is 0. The Morgan fingerprint density at radius 2 is 2.05 bits per heavy atom. The van der Waals surface area contributed by atoms with Gasteiger partial charge in [0.2, 0.25) is 10.0 Å². The molecule has 1 aromatic carbocycles. The topological polar surface area (TPSA) is 58.2 Å². The molecule has 2 aliphatic carbocycles. The molecule has 0 aliphatic heterocycles. The fraction of sp³-hybridized carbons (Fsp3) is 0.600. The van der Waals surface area contributed by atoms with Crippen LogP contribution in [0.3, 0.4) is 0 Å². The molecule has 0 heterocycles. The van der Waals surface area contributed by atoms with Crippen molar-refractivity contribution in [3.05, 3.63) is 29.8 Å². The molecule has 110 valence electrons. The highest BCUT2D eigenvalue weighted by molar-refractivity contribution is 7.89. The molecule has 2 N–H and O–H groups in total. The maximum atomic E-state index is 12.4. The molecule has 0 aromatic heterocycles. The van der Waals surface area contributed by atoms with Crippen LogP contribution in [0, 0.1) is 0 Å². The van der Waals surface area contributed by atoms with E-state index in [2.05, 4.69) is 10.0 Å². The standard InChI is InChI=1S/C15H22N2O2S/c1-15(8-3-9-15)17-20(18,19)14-5-2-4-12(10-14)11-16-13-6-7-13/h2,4-5,10,13,16-17H,3,6-9,11H2,1H3. The predicted molar refractivity (Wildman–Crippen MR) is 78.9 cm³/mol. The summed E-state index contributed by atoms with van der Waals surface area (Å²) in [5.41, 5.74) is 0.778. The zero-order valence-electron chi connectivity index (χ0n) is 11.9. The van der Waals surface area contributed by atoms with E-state index in [1.807, 2.05) is 19.1 Å². The van der Waals surface area contributed by atoms with Crippen molar-refractivity contribution < 1.29 is 8.42 Å². The van der Waals surface area contributed by atoms with Crippen LogP contribution in [0.15, 0.2) is 29.2 Å². The molecule has 0 atom stereocenters. The van der Waals surface area contributed by atoms with E-state index in [9.17, 15) is 8.42 Å². The normalized spacial score (nSPS) is 21.4. The summed E-state index contributed by atoms with van der Waals surface area (Å²) in [7, 11) is -3.40. The highest BCUT2D eigenvalue weighted by Gasteiger charge is 2.36. The van der Waals surface area contributed by atoms with Gasteiger partial charge in [0.25, 0.3) is 0 Å². The smallest absolute Gasteiger partial charge is 0.241 e. The lowest BCUT2D eigenvalue weighted by molar-refractivity contribution is 0.248. The Morgan fingerprint density at radius 3 is 2.65 bits per heavy atom. The van der Waals surface area contributed by atoms with Gasteiger partial charge >= 0.3 is 0 Å². The fourth-order valence-corrected chi connectivity index (χ4v) is 4.10. The first-order chi connectivity index (χ1) is 9.47. The Bertz CT molecular complexity index is 590. The number of benzene rings is 1. The molecule has 3 rings (SSSR count). The largest absolute Gasteiger partial charge is 0.310 e. The summed E-state index contributed by atoms with van der Waals surface area (Å²) in [5.74, 6) is 0. The monoisotopic (exact) mass is 294 g/mol. The van der Waals surface area contributed by atoms with Crippen LogP contribution in [-0.4, -0.2) is 20.0 Å². The van der Waals surface area contributed by atoms with Crippen molar-refractivity contribution in [1.82, 2.24) is 10.0 Å². The number of sulfonamides is 1. The van der Waals surface area contributed by atoms with E-state index in [1.54, 1.807) is 12.1 Å². The highest BCUT2D eigenvalue weighted by atomic mass is 32.2. The first-order valence-electron chi connectivity index (χ1n) is 7.33. The average molecular weight is 294 g/mol. The van der Waals surface area contributed by atoms with Crippen molar-refractivity contribution in [3.63, 3.8) is 0 Å². The van der Waals surface area contributed by atoms with E-state index >= 15 is 0 Å². The summed E-state index contributed by atoms with van der Waals surface area (Å²) in [4.78, 5) is 0.376. The van der Waals surface area contributed by atoms with Gasteiger partial charge in [0.05, 0.1) is 4.90 Å². The average Bonchev–Trinajstić information content (AvgIpc) is 3.18. The molecule has 0 radical (unpaired) electrons. The van der Waals surface area contributed by atoms with E-state index in [1.165, 1.54) is 12.8 Å². The Labute approximate surface area is 121 Å². The third-order valence-corrected chi connectivity index (χ3v) is 5.85. The third kappa shape index (κ3) is 3.22. The van der Waals surface area contributed by atoms with Gasteiger partial charge in [-0.05, 0) is 56.7 Å². The quantitative estimate of drug-likeness (QED) is 0.845. The molecule has 0 unspecified atom stereocenters. The number of hydrogen-bond acceptors (Lipinski definition) is 3. The van der Waals surface area contributed by atoms with E-state index in [4.69, 9.17) is 0 Å². The molecule has 2 aliphatic rings. The van der Waals surface area contributed by atoms with E-state index in [0.29, 0.717) is 10.9 Å². The van der Waals surface area contributed by atoms with Gasteiger partial charge in [0.1, 0.15) is 0 Å². The summed E-state index contributed by atoms with van der Waals surface area (Å²) in [5, 5.41) is 3.41. The zero-order valence-corrected chi connectivity index (χ0v) is 12.7. The zero-order chi connectivity index (χ0) is 14.2. The minimum atomic E-state index is -3.40. The lowest BCUT2D eigenvalue weighted by atomic mass is 9.80.